The topological polar surface area (TPSA) is 23.8 Å². The SMILES string of the molecule is N#Cc1c(Br)ccc2sc(CCl)cc12. The van der Waals surface area contributed by atoms with Crippen molar-refractivity contribution in [1.82, 2.24) is 0 Å². The van der Waals surface area contributed by atoms with Crippen molar-refractivity contribution >= 4 is 49.0 Å². The van der Waals surface area contributed by atoms with Crippen molar-refractivity contribution in [3.8, 4) is 6.07 Å². The van der Waals surface area contributed by atoms with Crippen molar-refractivity contribution in [2.45, 2.75) is 5.88 Å². The Morgan fingerprint density at radius 2 is 2.29 bits per heavy atom. The van der Waals surface area contributed by atoms with Gasteiger partial charge in [-0.1, -0.05) is 0 Å². The molecule has 0 bridgehead atoms. The summed E-state index contributed by atoms with van der Waals surface area (Å²) in [5.41, 5.74) is 0.690. The van der Waals surface area contributed by atoms with E-state index in [4.69, 9.17) is 16.9 Å². The summed E-state index contributed by atoms with van der Waals surface area (Å²) < 4.78 is 1.95. The Labute approximate surface area is 99.0 Å². The number of fused-ring (bicyclic) bond motifs is 1. The van der Waals surface area contributed by atoms with E-state index in [1.165, 1.54) is 0 Å². The highest BCUT2D eigenvalue weighted by molar-refractivity contribution is 9.10. The molecular weight excluding hydrogens is 282 g/mol. The molecule has 0 aliphatic carbocycles. The third kappa shape index (κ3) is 1.54. The monoisotopic (exact) mass is 285 g/mol. The van der Waals surface area contributed by atoms with E-state index in [0.717, 1.165) is 19.4 Å². The summed E-state index contributed by atoms with van der Waals surface area (Å²) in [6.45, 7) is 0. The third-order valence-corrected chi connectivity index (χ3v) is 4.15. The van der Waals surface area contributed by atoms with Gasteiger partial charge in [-0.15, -0.1) is 22.9 Å². The van der Waals surface area contributed by atoms with Gasteiger partial charge in [0.15, 0.2) is 0 Å². The van der Waals surface area contributed by atoms with Crippen molar-refractivity contribution in [3.05, 3.63) is 33.1 Å². The highest BCUT2D eigenvalue weighted by Crippen LogP contribution is 2.32. The maximum absolute atomic E-state index is 8.99. The first-order valence-corrected chi connectivity index (χ1v) is 6.07. The Balaban J connectivity index is 2.81. The van der Waals surface area contributed by atoms with E-state index in [0.29, 0.717) is 11.4 Å². The van der Waals surface area contributed by atoms with E-state index >= 15 is 0 Å². The van der Waals surface area contributed by atoms with E-state index in [1.54, 1.807) is 11.3 Å². The quantitative estimate of drug-likeness (QED) is 0.718. The lowest BCUT2D eigenvalue weighted by Gasteiger charge is -1.95. The molecule has 14 heavy (non-hydrogen) atoms. The lowest BCUT2D eigenvalue weighted by molar-refractivity contribution is 1.49. The number of rotatable bonds is 1. The van der Waals surface area contributed by atoms with Crippen molar-refractivity contribution in [2.75, 3.05) is 0 Å². The summed E-state index contributed by atoms with van der Waals surface area (Å²) in [5, 5.41) is 9.98. The van der Waals surface area contributed by atoms with Crippen LogP contribution in [0.4, 0.5) is 0 Å². The average molecular weight is 287 g/mol. The Morgan fingerprint density at radius 1 is 1.50 bits per heavy atom. The van der Waals surface area contributed by atoms with Crippen LogP contribution in [0.25, 0.3) is 10.1 Å². The third-order valence-electron chi connectivity index (χ3n) is 1.94. The fourth-order valence-electron chi connectivity index (χ4n) is 1.32. The molecule has 0 aliphatic rings. The van der Waals surface area contributed by atoms with Gasteiger partial charge in [-0.2, -0.15) is 5.26 Å². The first-order valence-electron chi connectivity index (χ1n) is 3.93. The standard InChI is InChI=1S/C10H5BrClNS/c11-9-1-2-10-7(8(9)5-13)3-6(4-12)14-10/h1-3H,4H2. The van der Waals surface area contributed by atoms with E-state index in [1.807, 2.05) is 18.2 Å². The largest absolute Gasteiger partial charge is 0.192 e. The van der Waals surface area contributed by atoms with Crippen LogP contribution >= 0.6 is 38.9 Å². The minimum Gasteiger partial charge on any atom is -0.192 e. The molecule has 0 saturated heterocycles. The molecule has 2 rings (SSSR count). The van der Waals surface area contributed by atoms with Crippen molar-refractivity contribution in [2.24, 2.45) is 0 Å². The molecule has 1 heterocycles. The minimum atomic E-state index is 0.502. The molecule has 70 valence electrons. The number of hydrogen-bond donors (Lipinski definition) is 0. The van der Waals surface area contributed by atoms with Crippen molar-refractivity contribution in [3.63, 3.8) is 0 Å². The average Bonchev–Trinajstić information content (AvgIpc) is 2.60. The van der Waals surface area contributed by atoms with E-state index in [2.05, 4.69) is 22.0 Å². The molecule has 0 N–H and O–H groups in total. The molecule has 0 fully saturated rings. The summed E-state index contributed by atoms with van der Waals surface area (Å²) in [7, 11) is 0. The minimum absolute atomic E-state index is 0.502. The zero-order chi connectivity index (χ0) is 10.1. The Hall–Kier alpha value is -0.560. The summed E-state index contributed by atoms with van der Waals surface area (Å²) in [6.07, 6.45) is 0. The molecule has 1 aromatic carbocycles. The smallest absolute Gasteiger partial charge is 0.101 e. The fourth-order valence-corrected chi connectivity index (χ4v) is 2.91. The van der Waals surface area contributed by atoms with E-state index in [-0.39, 0.29) is 0 Å². The molecule has 0 saturated carbocycles. The second-order valence-corrected chi connectivity index (χ2v) is 5.08. The summed E-state index contributed by atoms with van der Waals surface area (Å²) in [4.78, 5) is 1.09. The molecule has 0 amide bonds. The normalized spacial score (nSPS) is 10.4. The van der Waals surface area contributed by atoms with Gasteiger partial charge in [0.2, 0.25) is 0 Å². The summed E-state index contributed by atoms with van der Waals surface area (Å²) in [6, 6.07) is 8.07. The first-order chi connectivity index (χ1) is 6.76. The van der Waals surface area contributed by atoms with Crippen LogP contribution < -0.4 is 0 Å². The van der Waals surface area contributed by atoms with E-state index < -0.39 is 0 Å². The molecule has 0 aliphatic heterocycles. The molecule has 0 atom stereocenters. The lowest BCUT2D eigenvalue weighted by atomic mass is 10.1. The predicted octanol–water partition coefficient (Wildman–Crippen LogP) is 4.27. The van der Waals surface area contributed by atoms with Crippen LogP contribution in [-0.4, -0.2) is 0 Å². The zero-order valence-electron chi connectivity index (χ0n) is 7.05. The van der Waals surface area contributed by atoms with Gasteiger partial charge in [0.05, 0.1) is 11.4 Å². The number of hydrogen-bond acceptors (Lipinski definition) is 2. The molecule has 0 spiro atoms. The Kier molecular flexibility index (Phi) is 2.78. The Morgan fingerprint density at radius 3 is 2.93 bits per heavy atom. The number of thiophene rings is 1. The second-order valence-electron chi connectivity index (χ2n) is 2.79. The lowest BCUT2D eigenvalue weighted by Crippen LogP contribution is -1.76. The van der Waals surface area contributed by atoms with Crippen LogP contribution in [0.5, 0.6) is 0 Å². The van der Waals surface area contributed by atoms with E-state index in [9.17, 15) is 0 Å². The van der Waals surface area contributed by atoms with Gasteiger partial charge in [0.1, 0.15) is 6.07 Å². The number of halogens is 2. The second kappa shape index (κ2) is 3.90. The van der Waals surface area contributed by atoms with Gasteiger partial charge in [0.25, 0.3) is 0 Å². The Bertz CT molecular complexity index is 527. The van der Waals surface area contributed by atoms with Gasteiger partial charge in [-0.3, -0.25) is 0 Å². The van der Waals surface area contributed by atoms with Crippen LogP contribution in [-0.2, 0) is 5.88 Å². The van der Waals surface area contributed by atoms with Crippen LogP contribution in [0.3, 0.4) is 0 Å². The number of benzene rings is 1. The van der Waals surface area contributed by atoms with Crippen LogP contribution in [0.15, 0.2) is 22.7 Å². The molecule has 1 nitrogen and oxygen atoms in total. The number of alkyl halides is 1. The highest BCUT2D eigenvalue weighted by Gasteiger charge is 2.08. The summed E-state index contributed by atoms with van der Waals surface area (Å²) >= 11 is 10.7. The number of nitriles is 1. The molecule has 2 aromatic rings. The molecule has 0 unspecified atom stereocenters. The fraction of sp³-hybridized carbons (Fsp3) is 0.100. The van der Waals surface area contributed by atoms with Crippen LogP contribution in [0.1, 0.15) is 10.4 Å². The first kappa shape index (κ1) is 9.97. The molecule has 4 heteroatoms. The van der Waals surface area contributed by atoms with Crippen LogP contribution in [0.2, 0.25) is 0 Å². The van der Waals surface area contributed by atoms with Gasteiger partial charge < -0.3 is 0 Å². The highest BCUT2D eigenvalue weighted by atomic mass is 79.9. The van der Waals surface area contributed by atoms with Crippen molar-refractivity contribution < 1.29 is 0 Å². The predicted molar refractivity (Wildman–Crippen MR) is 63.8 cm³/mol. The van der Waals surface area contributed by atoms with Gasteiger partial charge >= 0.3 is 0 Å². The maximum Gasteiger partial charge on any atom is 0.101 e. The maximum atomic E-state index is 8.99. The molecule has 0 radical (unpaired) electrons. The summed E-state index contributed by atoms with van der Waals surface area (Å²) in [5.74, 6) is 0.502. The molecular formula is C10H5BrClNS. The van der Waals surface area contributed by atoms with Crippen molar-refractivity contribution in [1.29, 1.82) is 5.26 Å². The van der Waals surface area contributed by atoms with Gasteiger partial charge in [-0.25, -0.2) is 0 Å². The van der Waals surface area contributed by atoms with Gasteiger partial charge in [0, 0.05) is 19.4 Å². The van der Waals surface area contributed by atoms with Crippen LogP contribution in [0, 0.1) is 11.3 Å². The number of nitrogens with zero attached hydrogens (tertiary/aromatic N) is 1. The molecule has 1 aromatic heterocycles. The zero-order valence-corrected chi connectivity index (χ0v) is 10.2. The van der Waals surface area contributed by atoms with Gasteiger partial charge in [-0.05, 0) is 34.1 Å².